The van der Waals surface area contributed by atoms with Gasteiger partial charge in [-0.15, -0.1) is 0 Å². The number of benzene rings is 2. The maximum Gasteiger partial charge on any atom is 0.255 e. The summed E-state index contributed by atoms with van der Waals surface area (Å²) in [5, 5.41) is 13.5. The van der Waals surface area contributed by atoms with E-state index in [0.717, 1.165) is 6.07 Å². The Morgan fingerprint density at radius 3 is 2.22 bits per heavy atom. The first-order chi connectivity index (χ1) is 12.8. The highest BCUT2D eigenvalue weighted by atomic mass is 35.5. The lowest BCUT2D eigenvalue weighted by Gasteiger charge is -2.17. The lowest BCUT2D eigenvalue weighted by molar-refractivity contribution is 0.319. The highest BCUT2D eigenvalue weighted by Crippen LogP contribution is 2.30. The smallest absolute Gasteiger partial charge is 0.255 e. The Morgan fingerprint density at radius 1 is 1.00 bits per heavy atom. The Balaban J connectivity index is 2.29. The van der Waals surface area contributed by atoms with Crippen LogP contribution in [0.2, 0.25) is 15.1 Å². The molecule has 27 heavy (non-hydrogen) atoms. The van der Waals surface area contributed by atoms with Crippen molar-refractivity contribution in [3.63, 3.8) is 0 Å². The lowest BCUT2D eigenvalue weighted by atomic mass is 10.0. The number of hydrogen-bond acceptors (Lipinski definition) is 3. The number of hydrogen-bond donors (Lipinski definition) is 1. The van der Waals surface area contributed by atoms with E-state index in [-0.39, 0.29) is 26.3 Å². The number of rotatable bonds is 3. The molecular weight excluding hydrogens is 414 g/mol. The third-order valence-corrected chi connectivity index (χ3v) is 4.96. The van der Waals surface area contributed by atoms with Gasteiger partial charge in [-0.1, -0.05) is 46.0 Å². The molecule has 8 heteroatoms. The van der Waals surface area contributed by atoms with Gasteiger partial charge in [-0.25, -0.2) is 4.39 Å². The first-order valence-electron chi connectivity index (χ1n) is 7.70. The third kappa shape index (κ3) is 3.58. The number of pyridine rings is 1. The predicted molar refractivity (Wildman–Crippen MR) is 106 cm³/mol. The predicted octanol–water partition coefficient (Wildman–Crippen LogP) is 5.47. The maximum atomic E-state index is 13.4. The van der Waals surface area contributed by atoms with Gasteiger partial charge >= 0.3 is 0 Å². The SMILES string of the molecule is Cc1c(C(=NO)c2ccc(F)cc2Cl)ccc(=O)n1-c1c(Cl)cccc1Cl. The van der Waals surface area contributed by atoms with Crippen molar-refractivity contribution in [2.24, 2.45) is 5.16 Å². The number of halogens is 4. The van der Waals surface area contributed by atoms with Crippen molar-refractivity contribution in [1.29, 1.82) is 0 Å². The highest BCUT2D eigenvalue weighted by Gasteiger charge is 2.19. The van der Waals surface area contributed by atoms with Crippen molar-refractivity contribution in [1.82, 2.24) is 4.57 Å². The van der Waals surface area contributed by atoms with Crippen LogP contribution in [0.3, 0.4) is 0 Å². The van der Waals surface area contributed by atoms with Crippen LogP contribution in [0.15, 0.2) is 58.5 Å². The molecule has 0 amide bonds. The van der Waals surface area contributed by atoms with Crippen molar-refractivity contribution in [3.8, 4) is 5.69 Å². The van der Waals surface area contributed by atoms with Gasteiger partial charge in [0.15, 0.2) is 0 Å². The third-order valence-electron chi connectivity index (χ3n) is 4.04. The van der Waals surface area contributed by atoms with Gasteiger partial charge in [-0.05, 0) is 43.3 Å². The normalized spacial score (nSPS) is 11.7. The molecule has 2 aromatic carbocycles. The number of aromatic nitrogens is 1. The first kappa shape index (κ1) is 19.4. The Bertz CT molecular complexity index is 1110. The molecule has 1 aromatic heterocycles. The van der Waals surface area contributed by atoms with Crippen molar-refractivity contribution < 1.29 is 9.60 Å². The van der Waals surface area contributed by atoms with Crippen LogP contribution in [-0.4, -0.2) is 15.5 Å². The molecule has 0 aliphatic heterocycles. The van der Waals surface area contributed by atoms with Gasteiger partial charge in [0, 0.05) is 22.9 Å². The molecule has 0 spiro atoms. The zero-order chi connectivity index (χ0) is 19.7. The van der Waals surface area contributed by atoms with Crippen LogP contribution in [0.1, 0.15) is 16.8 Å². The van der Waals surface area contributed by atoms with Crippen LogP contribution in [0.5, 0.6) is 0 Å². The highest BCUT2D eigenvalue weighted by molar-refractivity contribution is 6.38. The van der Waals surface area contributed by atoms with Gasteiger partial charge in [-0.2, -0.15) is 0 Å². The van der Waals surface area contributed by atoms with Crippen LogP contribution >= 0.6 is 34.8 Å². The minimum absolute atomic E-state index is 0.0655. The van der Waals surface area contributed by atoms with Crippen LogP contribution < -0.4 is 5.56 Å². The van der Waals surface area contributed by atoms with Crippen molar-refractivity contribution >= 4 is 40.5 Å². The molecule has 4 nitrogen and oxygen atoms in total. The van der Waals surface area contributed by atoms with Gasteiger partial charge < -0.3 is 5.21 Å². The summed E-state index contributed by atoms with van der Waals surface area (Å²) in [6, 6.07) is 11.4. The van der Waals surface area contributed by atoms with Crippen molar-refractivity contribution in [3.05, 3.63) is 96.6 Å². The molecule has 0 atom stereocenters. The lowest BCUT2D eigenvalue weighted by Crippen LogP contribution is -2.23. The molecule has 138 valence electrons. The van der Waals surface area contributed by atoms with E-state index in [1.54, 1.807) is 25.1 Å². The topological polar surface area (TPSA) is 54.6 Å². The second kappa shape index (κ2) is 7.72. The second-order valence-corrected chi connectivity index (χ2v) is 6.87. The Labute approximate surface area is 169 Å². The Kier molecular flexibility index (Phi) is 5.56. The fraction of sp³-hybridized carbons (Fsp3) is 0.0526. The molecule has 0 saturated heterocycles. The molecule has 3 rings (SSSR count). The van der Waals surface area contributed by atoms with Gasteiger partial charge in [0.1, 0.15) is 11.5 Å². The number of para-hydroxylation sites is 1. The van der Waals surface area contributed by atoms with E-state index in [0.29, 0.717) is 22.5 Å². The van der Waals surface area contributed by atoms with Crippen molar-refractivity contribution in [2.45, 2.75) is 6.92 Å². The Hall–Kier alpha value is -2.34. The molecule has 0 saturated carbocycles. The molecule has 0 aliphatic carbocycles. The van der Waals surface area contributed by atoms with Crippen molar-refractivity contribution in [2.75, 3.05) is 0 Å². The van der Waals surface area contributed by atoms with E-state index in [1.165, 1.54) is 28.8 Å². The molecule has 1 N–H and O–H groups in total. The molecule has 0 fully saturated rings. The van der Waals surface area contributed by atoms with E-state index in [2.05, 4.69) is 5.16 Å². The maximum absolute atomic E-state index is 13.4. The van der Waals surface area contributed by atoms with E-state index in [9.17, 15) is 14.4 Å². The number of oxime groups is 1. The monoisotopic (exact) mass is 424 g/mol. The summed E-state index contributed by atoms with van der Waals surface area (Å²) in [5.74, 6) is -0.523. The summed E-state index contributed by atoms with van der Waals surface area (Å²) in [6.45, 7) is 1.65. The average molecular weight is 426 g/mol. The fourth-order valence-corrected chi connectivity index (χ4v) is 3.62. The molecule has 0 aliphatic rings. The molecule has 0 bridgehead atoms. The standard InChI is InChI=1S/C19H12Cl3FN2O2/c1-10-12(18(24-27)13-6-5-11(23)9-16(13)22)7-8-17(26)25(10)19-14(20)3-2-4-15(19)21/h2-9,27H,1H3. The zero-order valence-electron chi connectivity index (χ0n) is 13.9. The molecule has 0 unspecified atom stereocenters. The minimum atomic E-state index is -0.523. The van der Waals surface area contributed by atoms with E-state index in [1.807, 2.05) is 0 Å². The summed E-state index contributed by atoms with van der Waals surface area (Å²) in [7, 11) is 0. The summed E-state index contributed by atoms with van der Waals surface area (Å²) in [4.78, 5) is 12.5. The zero-order valence-corrected chi connectivity index (χ0v) is 16.1. The summed E-state index contributed by atoms with van der Waals surface area (Å²) in [6.07, 6.45) is 0. The van der Waals surface area contributed by atoms with E-state index in [4.69, 9.17) is 34.8 Å². The molecule has 1 heterocycles. The number of nitrogens with zero attached hydrogens (tertiary/aromatic N) is 2. The van der Waals surface area contributed by atoms with Gasteiger partial charge in [0.2, 0.25) is 0 Å². The summed E-state index contributed by atoms with van der Waals surface area (Å²) >= 11 is 18.6. The first-order valence-corrected chi connectivity index (χ1v) is 8.83. The molecule has 3 aromatic rings. The quantitative estimate of drug-likeness (QED) is 0.343. The summed E-state index contributed by atoms with van der Waals surface area (Å²) in [5.41, 5.74) is 1.15. The molecular formula is C19H12Cl3FN2O2. The van der Waals surface area contributed by atoms with Gasteiger partial charge in [-0.3, -0.25) is 9.36 Å². The van der Waals surface area contributed by atoms with Crippen LogP contribution in [0.25, 0.3) is 5.69 Å². The van der Waals surface area contributed by atoms with E-state index >= 15 is 0 Å². The second-order valence-electron chi connectivity index (χ2n) is 5.65. The minimum Gasteiger partial charge on any atom is -0.410 e. The largest absolute Gasteiger partial charge is 0.410 e. The van der Waals surface area contributed by atoms with Gasteiger partial charge in [0.25, 0.3) is 5.56 Å². The van der Waals surface area contributed by atoms with Gasteiger partial charge in [0.05, 0.1) is 20.8 Å². The molecule has 0 radical (unpaired) electrons. The van der Waals surface area contributed by atoms with E-state index < -0.39 is 5.82 Å². The van der Waals surface area contributed by atoms with Crippen LogP contribution in [-0.2, 0) is 0 Å². The fourth-order valence-electron chi connectivity index (χ4n) is 2.80. The summed E-state index contributed by atoms with van der Waals surface area (Å²) < 4.78 is 14.7. The van der Waals surface area contributed by atoms with Crippen LogP contribution in [0, 0.1) is 12.7 Å². The Morgan fingerprint density at radius 2 is 1.63 bits per heavy atom. The average Bonchev–Trinajstić information content (AvgIpc) is 2.61. The van der Waals surface area contributed by atoms with Crippen LogP contribution in [0.4, 0.5) is 4.39 Å².